The second-order valence-corrected chi connectivity index (χ2v) is 6.30. The molecule has 21 heavy (non-hydrogen) atoms. The number of furan rings is 1. The topological polar surface area (TPSA) is 46.7 Å². The Hall–Kier alpha value is -1.30. The van der Waals surface area contributed by atoms with Crippen molar-refractivity contribution >= 4 is 33.4 Å². The SMILES string of the molecule is C[NH+](C)[C@H](CNC(=O)c1cc(Br)ccc1Cl)c1ccco1. The van der Waals surface area contributed by atoms with E-state index in [9.17, 15) is 4.79 Å². The van der Waals surface area contributed by atoms with E-state index in [1.165, 1.54) is 4.90 Å². The first-order chi connectivity index (χ1) is 9.99. The smallest absolute Gasteiger partial charge is 0.253 e. The van der Waals surface area contributed by atoms with Gasteiger partial charge in [-0.3, -0.25) is 4.79 Å². The highest BCUT2D eigenvalue weighted by Crippen LogP contribution is 2.21. The van der Waals surface area contributed by atoms with Crippen molar-refractivity contribution in [3.8, 4) is 0 Å². The van der Waals surface area contributed by atoms with Crippen LogP contribution in [0.15, 0.2) is 45.5 Å². The van der Waals surface area contributed by atoms with Gasteiger partial charge in [-0.1, -0.05) is 27.5 Å². The number of carbonyl (C=O) groups is 1. The van der Waals surface area contributed by atoms with Crippen LogP contribution in [-0.2, 0) is 0 Å². The van der Waals surface area contributed by atoms with Crippen molar-refractivity contribution in [2.45, 2.75) is 6.04 Å². The fraction of sp³-hybridized carbons (Fsp3) is 0.267. The van der Waals surface area contributed by atoms with Gasteiger partial charge in [-0.25, -0.2) is 0 Å². The van der Waals surface area contributed by atoms with E-state index in [0.29, 0.717) is 17.1 Å². The molecule has 0 aliphatic rings. The Bertz CT molecular complexity index is 614. The molecule has 1 atom stereocenters. The zero-order valence-corrected chi connectivity index (χ0v) is 14.2. The van der Waals surface area contributed by atoms with Crippen LogP contribution in [0.2, 0.25) is 5.02 Å². The average Bonchev–Trinajstić information content (AvgIpc) is 2.95. The second kappa shape index (κ2) is 7.11. The van der Waals surface area contributed by atoms with Crippen molar-refractivity contribution in [1.82, 2.24) is 5.32 Å². The summed E-state index contributed by atoms with van der Waals surface area (Å²) >= 11 is 9.40. The summed E-state index contributed by atoms with van der Waals surface area (Å²) in [5, 5.41) is 3.34. The molecule has 1 aromatic heterocycles. The molecule has 2 N–H and O–H groups in total. The number of halogens is 2. The number of quaternary nitrogens is 1. The van der Waals surface area contributed by atoms with Gasteiger partial charge in [-0.2, -0.15) is 0 Å². The molecule has 0 aliphatic carbocycles. The monoisotopic (exact) mass is 371 g/mol. The lowest BCUT2D eigenvalue weighted by atomic mass is 10.1. The Kier molecular flexibility index (Phi) is 5.45. The van der Waals surface area contributed by atoms with Crippen molar-refractivity contribution in [3.63, 3.8) is 0 Å². The Morgan fingerprint density at radius 1 is 1.43 bits per heavy atom. The summed E-state index contributed by atoms with van der Waals surface area (Å²) in [7, 11) is 4.04. The van der Waals surface area contributed by atoms with E-state index < -0.39 is 0 Å². The minimum Gasteiger partial charge on any atom is -0.463 e. The third-order valence-corrected chi connectivity index (χ3v) is 4.05. The molecule has 112 valence electrons. The summed E-state index contributed by atoms with van der Waals surface area (Å²) in [6.45, 7) is 0.470. The lowest BCUT2D eigenvalue weighted by Gasteiger charge is -2.20. The molecule has 0 saturated heterocycles. The number of benzene rings is 1. The highest BCUT2D eigenvalue weighted by Gasteiger charge is 2.22. The van der Waals surface area contributed by atoms with Crippen LogP contribution in [0.4, 0.5) is 0 Å². The Labute approximate surface area is 137 Å². The summed E-state index contributed by atoms with van der Waals surface area (Å²) < 4.78 is 6.25. The molecule has 2 aromatic rings. The van der Waals surface area contributed by atoms with Gasteiger partial charge in [-0.05, 0) is 30.3 Å². The number of rotatable bonds is 5. The van der Waals surface area contributed by atoms with E-state index in [1.54, 1.807) is 24.5 Å². The maximum absolute atomic E-state index is 12.3. The number of carbonyl (C=O) groups excluding carboxylic acids is 1. The van der Waals surface area contributed by atoms with Crippen molar-refractivity contribution in [2.24, 2.45) is 0 Å². The third kappa shape index (κ3) is 4.09. The van der Waals surface area contributed by atoms with Gasteiger partial charge in [-0.15, -0.1) is 0 Å². The van der Waals surface area contributed by atoms with Crippen LogP contribution in [0.25, 0.3) is 0 Å². The maximum Gasteiger partial charge on any atom is 0.253 e. The highest BCUT2D eigenvalue weighted by molar-refractivity contribution is 9.10. The molecule has 0 radical (unpaired) electrons. The van der Waals surface area contributed by atoms with Crippen molar-refractivity contribution < 1.29 is 14.1 Å². The molecular weight excluding hydrogens is 356 g/mol. The fourth-order valence-electron chi connectivity index (χ4n) is 2.04. The molecular formula is C15H17BrClN2O2+. The number of hydrogen-bond acceptors (Lipinski definition) is 2. The van der Waals surface area contributed by atoms with Crippen molar-refractivity contribution in [1.29, 1.82) is 0 Å². The predicted octanol–water partition coefficient (Wildman–Crippen LogP) is 2.31. The van der Waals surface area contributed by atoms with Crippen LogP contribution < -0.4 is 10.2 Å². The first-order valence-electron chi connectivity index (χ1n) is 6.55. The lowest BCUT2D eigenvalue weighted by Crippen LogP contribution is -3.07. The van der Waals surface area contributed by atoms with Gasteiger partial charge in [0, 0.05) is 4.47 Å². The quantitative estimate of drug-likeness (QED) is 0.846. The number of nitrogens with one attached hydrogen (secondary N) is 2. The molecule has 0 aliphatic heterocycles. The lowest BCUT2D eigenvalue weighted by molar-refractivity contribution is -0.891. The summed E-state index contributed by atoms with van der Waals surface area (Å²) in [4.78, 5) is 13.4. The van der Waals surface area contributed by atoms with Gasteiger partial charge in [0.1, 0.15) is 0 Å². The molecule has 0 saturated carbocycles. The molecule has 6 heteroatoms. The normalized spacial score (nSPS) is 12.4. The molecule has 0 fully saturated rings. The van der Waals surface area contributed by atoms with Gasteiger partial charge >= 0.3 is 0 Å². The van der Waals surface area contributed by atoms with Gasteiger partial charge in [0.05, 0.1) is 37.5 Å². The van der Waals surface area contributed by atoms with Crippen LogP contribution in [0.3, 0.4) is 0 Å². The highest BCUT2D eigenvalue weighted by atomic mass is 79.9. The second-order valence-electron chi connectivity index (χ2n) is 4.98. The van der Waals surface area contributed by atoms with E-state index >= 15 is 0 Å². The summed E-state index contributed by atoms with van der Waals surface area (Å²) in [5.41, 5.74) is 0.456. The van der Waals surface area contributed by atoms with E-state index in [4.69, 9.17) is 16.0 Å². The van der Waals surface area contributed by atoms with E-state index in [1.807, 2.05) is 26.2 Å². The van der Waals surface area contributed by atoms with Crippen molar-refractivity contribution in [2.75, 3.05) is 20.6 Å². The standard InChI is InChI=1S/C15H16BrClN2O2/c1-19(2)13(14-4-3-7-21-14)9-18-15(20)11-8-10(16)5-6-12(11)17/h3-8,13H,9H2,1-2H3,(H,18,20)/p+1/t13-/m1/s1. The number of hydrogen-bond donors (Lipinski definition) is 2. The van der Waals surface area contributed by atoms with Gasteiger partial charge in [0.2, 0.25) is 0 Å². The first kappa shape index (κ1) is 16.1. The van der Waals surface area contributed by atoms with E-state index in [-0.39, 0.29) is 11.9 Å². The Morgan fingerprint density at radius 2 is 2.19 bits per heavy atom. The molecule has 0 unspecified atom stereocenters. The molecule has 1 heterocycles. The van der Waals surface area contributed by atoms with Crippen LogP contribution in [-0.4, -0.2) is 26.5 Å². The average molecular weight is 373 g/mol. The zero-order valence-electron chi connectivity index (χ0n) is 11.8. The number of amides is 1. The molecule has 1 aromatic carbocycles. The third-order valence-electron chi connectivity index (χ3n) is 3.22. The van der Waals surface area contributed by atoms with Crippen LogP contribution in [0.1, 0.15) is 22.2 Å². The molecule has 0 spiro atoms. The van der Waals surface area contributed by atoms with Gasteiger partial charge < -0.3 is 14.6 Å². The summed E-state index contributed by atoms with van der Waals surface area (Å²) in [6.07, 6.45) is 1.64. The minimum absolute atomic E-state index is 0.0508. The molecule has 0 bridgehead atoms. The zero-order chi connectivity index (χ0) is 15.4. The maximum atomic E-state index is 12.3. The summed E-state index contributed by atoms with van der Waals surface area (Å²) in [6, 6.07) is 9.02. The fourth-order valence-corrected chi connectivity index (χ4v) is 2.60. The largest absolute Gasteiger partial charge is 0.463 e. The number of likely N-dealkylation sites (N-methyl/N-ethyl adjacent to an activating group) is 1. The predicted molar refractivity (Wildman–Crippen MR) is 85.7 cm³/mol. The molecule has 4 nitrogen and oxygen atoms in total. The van der Waals surface area contributed by atoms with Gasteiger partial charge in [0.15, 0.2) is 11.8 Å². The van der Waals surface area contributed by atoms with Crippen LogP contribution in [0, 0.1) is 0 Å². The minimum atomic E-state index is -0.195. The van der Waals surface area contributed by atoms with Crippen LogP contribution in [0.5, 0.6) is 0 Å². The molecule has 2 rings (SSSR count). The van der Waals surface area contributed by atoms with E-state index in [2.05, 4.69) is 21.2 Å². The Morgan fingerprint density at radius 3 is 2.81 bits per heavy atom. The first-order valence-corrected chi connectivity index (χ1v) is 7.73. The van der Waals surface area contributed by atoms with Crippen molar-refractivity contribution in [3.05, 3.63) is 57.4 Å². The Balaban J connectivity index is 2.07. The van der Waals surface area contributed by atoms with Crippen LogP contribution >= 0.6 is 27.5 Å². The van der Waals surface area contributed by atoms with Gasteiger partial charge in [0.25, 0.3) is 5.91 Å². The molecule has 1 amide bonds. The summed E-state index contributed by atoms with van der Waals surface area (Å²) in [5.74, 6) is 0.648. The van der Waals surface area contributed by atoms with E-state index in [0.717, 1.165) is 10.2 Å².